The molecule has 6 heteroatoms. The molecule has 17 heavy (non-hydrogen) atoms. The Hall–Kier alpha value is -1.52. The quantitative estimate of drug-likeness (QED) is 0.906. The summed E-state index contributed by atoms with van der Waals surface area (Å²) in [5.41, 5.74) is 0.387. The Morgan fingerprint density at radius 3 is 2.65 bits per heavy atom. The molecule has 0 radical (unpaired) electrons. The molecular weight excluding hydrogens is 265 g/mol. The lowest BCUT2D eigenvalue weighted by molar-refractivity contribution is 0.0689. The minimum Gasteiger partial charge on any atom is -0.476 e. The average molecular weight is 272 g/mol. The summed E-state index contributed by atoms with van der Waals surface area (Å²) in [6.45, 7) is 1.53. The van der Waals surface area contributed by atoms with Crippen molar-refractivity contribution < 1.29 is 14.3 Å². The van der Waals surface area contributed by atoms with Gasteiger partial charge in [0.25, 0.3) is 0 Å². The number of carbonyl (C=O) groups is 1. The standard InChI is InChI=1S/C11H7Cl2NO3/c1-5-9(11(15)16)14-10(17-5)7-3-2-6(12)4-8(7)13/h2-4H,1H3,(H,15,16). The van der Waals surface area contributed by atoms with Gasteiger partial charge in [0.15, 0.2) is 5.69 Å². The fraction of sp³-hybridized carbons (Fsp3) is 0.0909. The third kappa shape index (κ3) is 2.28. The van der Waals surface area contributed by atoms with E-state index in [0.29, 0.717) is 15.6 Å². The number of aromatic nitrogens is 1. The zero-order chi connectivity index (χ0) is 12.6. The molecule has 0 saturated heterocycles. The number of aryl methyl sites for hydroxylation is 1. The lowest BCUT2D eigenvalue weighted by atomic mass is 10.2. The number of hydrogen-bond donors (Lipinski definition) is 1. The number of rotatable bonds is 2. The van der Waals surface area contributed by atoms with Crippen LogP contribution in [0.3, 0.4) is 0 Å². The lowest BCUT2D eigenvalue weighted by Gasteiger charge is -1.99. The molecule has 1 heterocycles. The number of carboxylic acid groups (broad SMARTS) is 1. The van der Waals surface area contributed by atoms with Crippen molar-refractivity contribution in [3.05, 3.63) is 39.7 Å². The summed E-state index contributed by atoms with van der Waals surface area (Å²) in [5.74, 6) is -0.734. The number of aromatic carboxylic acids is 1. The summed E-state index contributed by atoms with van der Waals surface area (Å²) in [5, 5.41) is 9.71. The maximum atomic E-state index is 10.8. The van der Waals surface area contributed by atoms with Crippen LogP contribution in [-0.2, 0) is 0 Å². The topological polar surface area (TPSA) is 63.3 Å². The molecule has 2 rings (SSSR count). The van der Waals surface area contributed by atoms with E-state index in [9.17, 15) is 4.79 Å². The number of oxazole rings is 1. The van der Waals surface area contributed by atoms with Gasteiger partial charge in [-0.05, 0) is 25.1 Å². The van der Waals surface area contributed by atoms with Gasteiger partial charge < -0.3 is 9.52 Å². The van der Waals surface area contributed by atoms with Crippen molar-refractivity contribution in [3.63, 3.8) is 0 Å². The van der Waals surface area contributed by atoms with Crippen LogP contribution < -0.4 is 0 Å². The highest BCUT2D eigenvalue weighted by Crippen LogP contribution is 2.30. The fourth-order valence-corrected chi connectivity index (χ4v) is 1.86. The van der Waals surface area contributed by atoms with E-state index in [1.54, 1.807) is 18.2 Å². The number of carboxylic acids is 1. The maximum absolute atomic E-state index is 10.8. The highest BCUT2D eigenvalue weighted by Gasteiger charge is 2.18. The highest BCUT2D eigenvalue weighted by atomic mass is 35.5. The van der Waals surface area contributed by atoms with Gasteiger partial charge in [0.2, 0.25) is 5.89 Å². The molecule has 1 N–H and O–H groups in total. The molecule has 1 aromatic carbocycles. The van der Waals surface area contributed by atoms with Gasteiger partial charge in [-0.15, -0.1) is 0 Å². The molecule has 88 valence electrons. The first-order valence-electron chi connectivity index (χ1n) is 4.65. The maximum Gasteiger partial charge on any atom is 0.358 e. The third-order valence-electron chi connectivity index (χ3n) is 2.16. The monoisotopic (exact) mass is 271 g/mol. The predicted molar refractivity (Wildman–Crippen MR) is 63.7 cm³/mol. The first-order valence-corrected chi connectivity index (χ1v) is 5.41. The average Bonchev–Trinajstić information content (AvgIpc) is 2.60. The summed E-state index contributed by atoms with van der Waals surface area (Å²) >= 11 is 11.7. The summed E-state index contributed by atoms with van der Waals surface area (Å²) < 4.78 is 5.26. The Labute approximate surface area is 107 Å². The summed E-state index contributed by atoms with van der Waals surface area (Å²) in [4.78, 5) is 14.7. The first-order chi connectivity index (χ1) is 7.99. The van der Waals surface area contributed by atoms with Crippen LogP contribution in [0.4, 0.5) is 0 Å². The second kappa shape index (κ2) is 4.39. The van der Waals surface area contributed by atoms with Gasteiger partial charge in [0.1, 0.15) is 5.76 Å². The normalized spacial score (nSPS) is 10.5. The number of hydrogen-bond acceptors (Lipinski definition) is 3. The van der Waals surface area contributed by atoms with Gasteiger partial charge in [-0.2, -0.15) is 0 Å². The molecule has 0 unspecified atom stereocenters. The van der Waals surface area contributed by atoms with E-state index in [-0.39, 0.29) is 17.3 Å². The van der Waals surface area contributed by atoms with Crippen LogP contribution >= 0.6 is 23.2 Å². The van der Waals surface area contributed by atoms with Gasteiger partial charge >= 0.3 is 5.97 Å². The molecule has 4 nitrogen and oxygen atoms in total. The molecule has 0 aliphatic carbocycles. The van der Waals surface area contributed by atoms with E-state index in [1.807, 2.05) is 0 Å². The predicted octanol–water partition coefficient (Wildman–Crippen LogP) is 3.66. The van der Waals surface area contributed by atoms with Crippen LogP contribution in [0.5, 0.6) is 0 Å². The van der Waals surface area contributed by atoms with Gasteiger partial charge in [-0.1, -0.05) is 23.2 Å². The van der Waals surface area contributed by atoms with Crippen LogP contribution in [-0.4, -0.2) is 16.1 Å². The molecule has 0 aliphatic rings. The van der Waals surface area contributed by atoms with Crippen LogP contribution in [0.2, 0.25) is 10.0 Å². The molecule has 0 atom stereocenters. The summed E-state index contributed by atoms with van der Waals surface area (Å²) in [6, 6.07) is 4.79. The molecule has 0 bridgehead atoms. The third-order valence-corrected chi connectivity index (χ3v) is 2.71. The fourth-order valence-electron chi connectivity index (χ4n) is 1.37. The Morgan fingerprint density at radius 1 is 1.41 bits per heavy atom. The van der Waals surface area contributed by atoms with Crippen LogP contribution in [0.25, 0.3) is 11.5 Å². The molecule has 1 aromatic heterocycles. The van der Waals surface area contributed by atoms with E-state index >= 15 is 0 Å². The molecule has 0 fully saturated rings. The molecule has 0 aliphatic heterocycles. The Morgan fingerprint density at radius 2 is 2.12 bits per heavy atom. The second-order valence-electron chi connectivity index (χ2n) is 3.35. The smallest absolute Gasteiger partial charge is 0.358 e. The Balaban J connectivity index is 2.53. The van der Waals surface area contributed by atoms with E-state index in [2.05, 4.69) is 4.98 Å². The van der Waals surface area contributed by atoms with Crippen LogP contribution in [0, 0.1) is 6.92 Å². The molecular formula is C11H7Cl2NO3. The minimum absolute atomic E-state index is 0.119. The minimum atomic E-state index is -1.14. The van der Waals surface area contributed by atoms with Crippen LogP contribution in [0.1, 0.15) is 16.2 Å². The van der Waals surface area contributed by atoms with Crippen molar-refractivity contribution in [2.24, 2.45) is 0 Å². The van der Waals surface area contributed by atoms with Gasteiger partial charge in [0, 0.05) is 5.02 Å². The van der Waals surface area contributed by atoms with Crippen molar-refractivity contribution in [1.29, 1.82) is 0 Å². The number of nitrogens with zero attached hydrogens (tertiary/aromatic N) is 1. The summed E-state index contributed by atoms with van der Waals surface area (Å²) in [7, 11) is 0. The molecule has 0 saturated carbocycles. The van der Waals surface area contributed by atoms with Gasteiger partial charge in [-0.3, -0.25) is 0 Å². The van der Waals surface area contributed by atoms with Crippen molar-refractivity contribution in [1.82, 2.24) is 4.98 Å². The largest absolute Gasteiger partial charge is 0.476 e. The van der Waals surface area contributed by atoms with E-state index in [4.69, 9.17) is 32.7 Å². The molecule has 2 aromatic rings. The second-order valence-corrected chi connectivity index (χ2v) is 4.20. The molecule has 0 amide bonds. The number of halogens is 2. The van der Waals surface area contributed by atoms with Gasteiger partial charge in [-0.25, -0.2) is 9.78 Å². The van der Waals surface area contributed by atoms with Crippen molar-refractivity contribution in [2.75, 3.05) is 0 Å². The number of benzene rings is 1. The molecule has 0 spiro atoms. The first kappa shape index (κ1) is 12.0. The van der Waals surface area contributed by atoms with E-state index in [1.165, 1.54) is 6.92 Å². The Bertz CT molecular complexity index is 592. The summed E-state index contributed by atoms with van der Waals surface area (Å²) in [6.07, 6.45) is 0. The van der Waals surface area contributed by atoms with Gasteiger partial charge in [0.05, 0.1) is 10.6 Å². The zero-order valence-corrected chi connectivity index (χ0v) is 10.2. The zero-order valence-electron chi connectivity index (χ0n) is 8.70. The van der Waals surface area contributed by atoms with Crippen molar-refractivity contribution >= 4 is 29.2 Å². The van der Waals surface area contributed by atoms with E-state index in [0.717, 1.165) is 0 Å². The SMILES string of the molecule is Cc1oc(-c2ccc(Cl)cc2Cl)nc1C(=O)O. The Kier molecular flexibility index (Phi) is 3.09. The lowest BCUT2D eigenvalue weighted by Crippen LogP contribution is -1.98. The van der Waals surface area contributed by atoms with Crippen molar-refractivity contribution in [3.8, 4) is 11.5 Å². The van der Waals surface area contributed by atoms with Crippen molar-refractivity contribution in [2.45, 2.75) is 6.92 Å². The highest BCUT2D eigenvalue weighted by molar-refractivity contribution is 6.36. The van der Waals surface area contributed by atoms with E-state index < -0.39 is 5.97 Å². The van der Waals surface area contributed by atoms with Crippen LogP contribution in [0.15, 0.2) is 22.6 Å².